The third kappa shape index (κ3) is 1.46. The van der Waals surface area contributed by atoms with Crippen LogP contribution in [0.4, 0.5) is 0 Å². The van der Waals surface area contributed by atoms with Crippen molar-refractivity contribution in [2.45, 2.75) is 77.1 Å². The zero-order chi connectivity index (χ0) is 12.5. The maximum absolute atomic E-state index is 10.3. The van der Waals surface area contributed by atoms with E-state index in [-0.39, 0.29) is 5.60 Å². The lowest BCUT2D eigenvalue weighted by molar-refractivity contribution is -0.00596. The number of rotatable bonds is 1. The Hall–Kier alpha value is -0.0800. The summed E-state index contributed by atoms with van der Waals surface area (Å²) in [5, 5.41) is 10.3. The normalized spacial score (nSPS) is 53.8. The van der Waals surface area contributed by atoms with Crippen molar-refractivity contribution in [1.82, 2.24) is 0 Å². The van der Waals surface area contributed by atoms with Gasteiger partial charge in [-0.2, -0.15) is 0 Å². The van der Waals surface area contributed by atoms with Gasteiger partial charge in [-0.15, -0.1) is 0 Å². The Morgan fingerprint density at radius 1 is 1.24 bits per heavy atom. The Labute approximate surface area is 105 Å². The first kappa shape index (κ1) is 12.0. The predicted octanol–water partition coefficient (Wildman–Crippen LogP) is 3.13. The molecule has 0 bridgehead atoms. The molecule has 2 heteroatoms. The molecule has 0 radical (unpaired) electrons. The first-order chi connectivity index (χ1) is 7.80. The quantitative estimate of drug-likeness (QED) is 0.712. The molecule has 1 N–H and O–H groups in total. The van der Waals surface area contributed by atoms with Gasteiger partial charge in [0.15, 0.2) is 0 Å². The van der Waals surface area contributed by atoms with Crippen LogP contribution in [0.5, 0.6) is 0 Å². The van der Waals surface area contributed by atoms with E-state index in [1.807, 2.05) is 13.8 Å². The highest BCUT2D eigenvalue weighted by molar-refractivity contribution is 5.19. The van der Waals surface area contributed by atoms with Crippen molar-refractivity contribution in [3.63, 3.8) is 0 Å². The van der Waals surface area contributed by atoms with Gasteiger partial charge in [0, 0.05) is 5.41 Å². The summed E-state index contributed by atoms with van der Waals surface area (Å²) in [6, 6.07) is 0. The molecule has 1 spiro atoms. The Bertz CT molecular complexity index is 332. The van der Waals surface area contributed by atoms with Crippen LogP contribution in [-0.2, 0) is 4.74 Å². The molecule has 3 rings (SSSR count). The summed E-state index contributed by atoms with van der Waals surface area (Å²) in [5.41, 5.74) is -0.0489. The van der Waals surface area contributed by atoms with Crippen LogP contribution in [0.3, 0.4) is 0 Å². The lowest BCUT2D eigenvalue weighted by Gasteiger charge is -2.43. The van der Waals surface area contributed by atoms with E-state index in [9.17, 15) is 5.11 Å². The van der Waals surface area contributed by atoms with Crippen LogP contribution >= 0.6 is 0 Å². The van der Waals surface area contributed by atoms with Gasteiger partial charge < -0.3 is 9.84 Å². The van der Waals surface area contributed by atoms with Gasteiger partial charge in [0.05, 0.1) is 17.3 Å². The van der Waals surface area contributed by atoms with E-state index in [4.69, 9.17) is 4.74 Å². The van der Waals surface area contributed by atoms with E-state index >= 15 is 0 Å². The summed E-state index contributed by atoms with van der Waals surface area (Å²) < 4.78 is 6.05. The van der Waals surface area contributed by atoms with Crippen LogP contribution in [0.15, 0.2) is 0 Å². The third-order valence-electron chi connectivity index (χ3n) is 6.29. The molecule has 2 aliphatic carbocycles. The standard InChI is InChI=1S/C15H26O2/c1-10-5-6-12-14(4,17-12)15(10)8-7-11(9-15)13(2,3)16/h10-12,16H,5-9H2,1-4H3/t10-,11-,12-,14-,15-/m0/s1. The molecular weight excluding hydrogens is 212 g/mol. The van der Waals surface area contributed by atoms with Gasteiger partial charge in [-0.1, -0.05) is 6.92 Å². The summed E-state index contributed by atoms with van der Waals surface area (Å²) >= 11 is 0. The van der Waals surface area contributed by atoms with E-state index < -0.39 is 5.60 Å². The average molecular weight is 238 g/mol. The molecule has 17 heavy (non-hydrogen) atoms. The number of fused-ring (bicyclic) bond motifs is 2. The van der Waals surface area contributed by atoms with Crippen molar-refractivity contribution in [3.05, 3.63) is 0 Å². The van der Waals surface area contributed by atoms with E-state index in [0.29, 0.717) is 17.4 Å². The zero-order valence-corrected chi connectivity index (χ0v) is 11.6. The molecule has 1 aliphatic heterocycles. The maximum Gasteiger partial charge on any atom is 0.0978 e. The molecule has 0 aromatic carbocycles. The lowest BCUT2D eigenvalue weighted by Crippen LogP contribution is -2.45. The topological polar surface area (TPSA) is 32.8 Å². The van der Waals surface area contributed by atoms with E-state index in [2.05, 4.69) is 13.8 Å². The number of hydrogen-bond donors (Lipinski definition) is 1. The van der Waals surface area contributed by atoms with Crippen molar-refractivity contribution < 1.29 is 9.84 Å². The van der Waals surface area contributed by atoms with E-state index in [1.54, 1.807) is 0 Å². The van der Waals surface area contributed by atoms with Gasteiger partial charge in [-0.3, -0.25) is 0 Å². The van der Waals surface area contributed by atoms with Crippen molar-refractivity contribution in [2.24, 2.45) is 17.3 Å². The Morgan fingerprint density at radius 3 is 2.53 bits per heavy atom. The van der Waals surface area contributed by atoms with Gasteiger partial charge in [0.25, 0.3) is 0 Å². The lowest BCUT2D eigenvalue weighted by atomic mass is 9.59. The van der Waals surface area contributed by atoms with Crippen LogP contribution in [0, 0.1) is 17.3 Å². The maximum atomic E-state index is 10.3. The highest BCUT2D eigenvalue weighted by Gasteiger charge is 2.70. The second kappa shape index (κ2) is 3.27. The third-order valence-corrected chi connectivity index (χ3v) is 6.29. The van der Waals surface area contributed by atoms with Crippen molar-refractivity contribution >= 4 is 0 Å². The summed E-state index contributed by atoms with van der Waals surface area (Å²) in [5.74, 6) is 1.20. The van der Waals surface area contributed by atoms with Crippen LogP contribution in [0.2, 0.25) is 0 Å². The summed E-state index contributed by atoms with van der Waals surface area (Å²) in [7, 11) is 0. The molecular formula is C15H26O2. The van der Waals surface area contributed by atoms with E-state index in [0.717, 1.165) is 12.3 Å². The minimum Gasteiger partial charge on any atom is -0.390 e. The SMILES string of the molecule is C[C@H]1CC[C@@H]2O[C@]2(C)[C@]12CC[C@H](C(C)(C)O)C2. The molecule has 0 aromatic rings. The van der Waals surface area contributed by atoms with Gasteiger partial charge in [-0.05, 0) is 64.7 Å². The number of ether oxygens (including phenoxy) is 1. The molecule has 1 heterocycles. The van der Waals surface area contributed by atoms with Crippen LogP contribution in [-0.4, -0.2) is 22.4 Å². The van der Waals surface area contributed by atoms with Crippen molar-refractivity contribution in [1.29, 1.82) is 0 Å². The molecule has 0 amide bonds. The number of aliphatic hydroxyl groups is 1. The molecule has 0 aromatic heterocycles. The average Bonchev–Trinajstić information content (AvgIpc) is 2.74. The highest BCUT2D eigenvalue weighted by atomic mass is 16.6. The fraction of sp³-hybridized carbons (Fsp3) is 1.00. The molecule has 0 unspecified atom stereocenters. The molecule has 1 saturated heterocycles. The van der Waals surface area contributed by atoms with E-state index in [1.165, 1.54) is 25.7 Å². The van der Waals surface area contributed by atoms with Crippen LogP contribution < -0.4 is 0 Å². The first-order valence-corrected chi connectivity index (χ1v) is 7.20. The Kier molecular flexibility index (Phi) is 2.30. The molecule has 3 fully saturated rings. The minimum absolute atomic E-state index is 0.130. The predicted molar refractivity (Wildman–Crippen MR) is 67.7 cm³/mol. The molecule has 98 valence electrons. The van der Waals surface area contributed by atoms with Gasteiger partial charge in [0.2, 0.25) is 0 Å². The molecule has 2 nitrogen and oxygen atoms in total. The second-order valence-corrected chi connectivity index (χ2v) is 7.44. The summed E-state index contributed by atoms with van der Waals surface area (Å²) in [6.45, 7) is 8.66. The highest BCUT2D eigenvalue weighted by Crippen LogP contribution is 2.68. The minimum atomic E-state index is -0.526. The molecule has 5 atom stereocenters. The van der Waals surface area contributed by atoms with Crippen LogP contribution in [0.1, 0.15) is 59.8 Å². The van der Waals surface area contributed by atoms with Gasteiger partial charge in [-0.25, -0.2) is 0 Å². The Morgan fingerprint density at radius 2 is 1.94 bits per heavy atom. The largest absolute Gasteiger partial charge is 0.390 e. The smallest absolute Gasteiger partial charge is 0.0978 e. The monoisotopic (exact) mass is 238 g/mol. The zero-order valence-electron chi connectivity index (χ0n) is 11.6. The fourth-order valence-corrected chi connectivity index (χ4v) is 4.78. The number of hydrogen-bond acceptors (Lipinski definition) is 2. The van der Waals surface area contributed by atoms with Gasteiger partial charge >= 0.3 is 0 Å². The van der Waals surface area contributed by atoms with Gasteiger partial charge in [0.1, 0.15) is 0 Å². The Balaban J connectivity index is 1.87. The molecule has 3 aliphatic rings. The van der Waals surface area contributed by atoms with Crippen molar-refractivity contribution in [3.8, 4) is 0 Å². The van der Waals surface area contributed by atoms with Crippen molar-refractivity contribution in [2.75, 3.05) is 0 Å². The summed E-state index contributed by atoms with van der Waals surface area (Å²) in [6.07, 6.45) is 6.63. The number of epoxide rings is 1. The molecule has 2 saturated carbocycles. The van der Waals surface area contributed by atoms with Crippen LogP contribution in [0.25, 0.3) is 0 Å². The fourth-order valence-electron chi connectivity index (χ4n) is 4.78. The first-order valence-electron chi connectivity index (χ1n) is 7.20. The summed E-state index contributed by atoms with van der Waals surface area (Å²) in [4.78, 5) is 0. The second-order valence-electron chi connectivity index (χ2n) is 7.44.